The molecule has 6 N–H and O–H groups in total. The second-order valence-electron chi connectivity index (χ2n) is 12.1. The van der Waals surface area contributed by atoms with Crippen molar-refractivity contribution in [2.24, 2.45) is 10.7 Å². The first-order valence-corrected chi connectivity index (χ1v) is 18.0. The summed E-state index contributed by atoms with van der Waals surface area (Å²) in [5.74, 6) is 4.97. The van der Waals surface area contributed by atoms with Gasteiger partial charge in [0.05, 0.1) is 24.8 Å². The summed E-state index contributed by atoms with van der Waals surface area (Å²) in [6.45, 7) is 6.31. The first kappa shape index (κ1) is 39.0. The average molecular weight is 730 g/mol. The third kappa shape index (κ3) is 10.1. The number of carbonyl (C=O) groups excluding carboxylic acids is 3. The van der Waals surface area contributed by atoms with Crippen molar-refractivity contribution in [3.63, 3.8) is 0 Å². The van der Waals surface area contributed by atoms with Gasteiger partial charge in [0, 0.05) is 51.7 Å². The van der Waals surface area contributed by atoms with Crippen LogP contribution >= 0.6 is 22.9 Å². The molecule has 13 heteroatoms. The molecular formula is C38H44ClN7O4S. The van der Waals surface area contributed by atoms with Crippen LogP contribution in [0.15, 0.2) is 47.5 Å². The van der Waals surface area contributed by atoms with E-state index in [-0.39, 0.29) is 42.5 Å². The molecule has 1 aliphatic rings. The number of esters is 1. The van der Waals surface area contributed by atoms with E-state index in [9.17, 15) is 14.4 Å². The molecule has 268 valence electrons. The van der Waals surface area contributed by atoms with Crippen LogP contribution in [0.5, 0.6) is 0 Å². The lowest BCUT2D eigenvalue weighted by Gasteiger charge is -2.24. The number of thiophene rings is 1. The zero-order valence-corrected chi connectivity index (χ0v) is 30.9. The minimum Gasteiger partial charge on any atom is -0.465 e. The topological polar surface area (TPSA) is 174 Å². The van der Waals surface area contributed by atoms with E-state index >= 15 is 0 Å². The SMILES string of the molecule is COC(=O)c1cc(NC(=O)CCNC(=O)C[C@@H]2N=C(c3ccc(Cl)cc3)c3c(sc(C)c3C)N(C(C)=N)C2=N)ccc1C#CCCCCCCN. The minimum atomic E-state index is -0.890. The number of halogens is 1. The Morgan fingerprint density at radius 1 is 1.08 bits per heavy atom. The Labute approximate surface area is 308 Å². The Balaban J connectivity index is 1.42. The summed E-state index contributed by atoms with van der Waals surface area (Å²) in [6.07, 6.45) is 4.56. The minimum absolute atomic E-state index is 0.0129. The molecule has 0 saturated carbocycles. The number of hydrogen-bond acceptors (Lipinski definition) is 9. The first-order valence-electron chi connectivity index (χ1n) is 16.8. The van der Waals surface area contributed by atoms with Crippen molar-refractivity contribution < 1.29 is 19.1 Å². The molecule has 2 heterocycles. The van der Waals surface area contributed by atoms with Gasteiger partial charge in [-0.25, -0.2) is 4.79 Å². The van der Waals surface area contributed by atoms with Crippen LogP contribution in [-0.4, -0.2) is 61.4 Å². The number of benzene rings is 2. The van der Waals surface area contributed by atoms with Crippen molar-refractivity contribution in [2.45, 2.75) is 71.8 Å². The monoisotopic (exact) mass is 729 g/mol. The number of nitrogens with two attached hydrogens (primary N) is 1. The van der Waals surface area contributed by atoms with Gasteiger partial charge in [-0.15, -0.1) is 11.3 Å². The molecule has 1 atom stereocenters. The van der Waals surface area contributed by atoms with Crippen LogP contribution in [0.25, 0.3) is 0 Å². The average Bonchev–Trinajstić information content (AvgIpc) is 3.31. The van der Waals surface area contributed by atoms with E-state index in [0.29, 0.717) is 40.0 Å². The van der Waals surface area contributed by atoms with E-state index in [0.717, 1.165) is 47.3 Å². The molecular weight excluding hydrogens is 686 g/mol. The molecule has 0 radical (unpaired) electrons. The fourth-order valence-electron chi connectivity index (χ4n) is 5.55. The summed E-state index contributed by atoms with van der Waals surface area (Å²) in [4.78, 5) is 46.0. The Morgan fingerprint density at radius 2 is 1.80 bits per heavy atom. The van der Waals surface area contributed by atoms with Gasteiger partial charge in [0.2, 0.25) is 11.8 Å². The maximum absolute atomic E-state index is 13.2. The van der Waals surface area contributed by atoms with Gasteiger partial charge in [0.15, 0.2) is 0 Å². The molecule has 0 spiro atoms. The molecule has 2 amide bonds. The molecule has 1 aromatic heterocycles. The van der Waals surface area contributed by atoms with Crippen LogP contribution < -0.4 is 21.3 Å². The van der Waals surface area contributed by atoms with Gasteiger partial charge >= 0.3 is 5.97 Å². The van der Waals surface area contributed by atoms with E-state index in [1.54, 1.807) is 36.1 Å². The van der Waals surface area contributed by atoms with E-state index in [1.807, 2.05) is 26.0 Å². The van der Waals surface area contributed by atoms with E-state index in [4.69, 9.17) is 37.9 Å². The highest BCUT2D eigenvalue weighted by molar-refractivity contribution is 7.17. The normalized spacial score (nSPS) is 13.7. The summed E-state index contributed by atoms with van der Waals surface area (Å²) in [6, 6.07) is 11.2. The van der Waals surface area contributed by atoms with Gasteiger partial charge in [-0.05, 0) is 76.1 Å². The molecule has 0 fully saturated rings. The van der Waals surface area contributed by atoms with Crippen LogP contribution in [0.2, 0.25) is 5.02 Å². The number of fused-ring (bicyclic) bond motifs is 1. The number of hydrogen-bond donors (Lipinski definition) is 5. The van der Waals surface area contributed by atoms with Crippen molar-refractivity contribution >= 4 is 68.8 Å². The van der Waals surface area contributed by atoms with Crippen LogP contribution in [-0.2, 0) is 14.3 Å². The molecule has 1 aliphatic heterocycles. The number of aryl methyl sites for hydroxylation is 1. The number of aliphatic imine (C=N–C) groups is 1. The molecule has 2 aromatic carbocycles. The third-order valence-electron chi connectivity index (χ3n) is 8.34. The predicted octanol–water partition coefficient (Wildman–Crippen LogP) is 6.60. The molecule has 0 unspecified atom stereocenters. The molecule has 51 heavy (non-hydrogen) atoms. The summed E-state index contributed by atoms with van der Waals surface area (Å²) in [5.41, 5.74) is 9.91. The molecule has 0 saturated heterocycles. The fourth-order valence-corrected chi connectivity index (χ4v) is 6.90. The second kappa shape index (κ2) is 18.4. The summed E-state index contributed by atoms with van der Waals surface area (Å²) < 4.78 is 4.94. The lowest BCUT2D eigenvalue weighted by molar-refractivity contribution is -0.121. The second-order valence-corrected chi connectivity index (χ2v) is 13.8. The number of methoxy groups -OCH3 is 1. The van der Waals surface area contributed by atoms with E-state index < -0.39 is 17.9 Å². The van der Waals surface area contributed by atoms with Gasteiger partial charge in [-0.2, -0.15) is 0 Å². The Hall–Kier alpha value is -4.83. The van der Waals surface area contributed by atoms with Crippen molar-refractivity contribution in [3.8, 4) is 11.8 Å². The van der Waals surface area contributed by atoms with Crippen molar-refractivity contribution in [3.05, 3.63) is 80.2 Å². The van der Waals surface area contributed by atoms with Gasteiger partial charge in [0.1, 0.15) is 22.7 Å². The number of rotatable bonds is 13. The molecule has 0 aliphatic carbocycles. The van der Waals surface area contributed by atoms with Crippen LogP contribution in [0.1, 0.15) is 89.4 Å². The Kier molecular flexibility index (Phi) is 14.1. The number of amides is 2. The molecule has 3 aromatic rings. The number of nitrogens with one attached hydrogen (secondary N) is 4. The van der Waals surface area contributed by atoms with Gasteiger partial charge < -0.3 is 21.1 Å². The van der Waals surface area contributed by atoms with E-state index in [1.165, 1.54) is 24.5 Å². The van der Waals surface area contributed by atoms with Gasteiger partial charge in [-0.1, -0.05) is 48.4 Å². The van der Waals surface area contributed by atoms with E-state index in [2.05, 4.69) is 22.5 Å². The summed E-state index contributed by atoms with van der Waals surface area (Å²) >= 11 is 7.65. The lowest BCUT2D eigenvalue weighted by atomic mass is 9.99. The quantitative estimate of drug-likeness (QED) is 0.0436. The van der Waals surface area contributed by atoms with Gasteiger partial charge in [0.25, 0.3) is 0 Å². The van der Waals surface area contributed by atoms with Crippen molar-refractivity contribution in [1.29, 1.82) is 10.8 Å². The zero-order chi connectivity index (χ0) is 37.1. The number of ether oxygens (including phenoxy) is 1. The van der Waals surface area contributed by atoms with Crippen molar-refractivity contribution in [2.75, 3.05) is 30.4 Å². The Bertz CT molecular complexity index is 1890. The van der Waals surface area contributed by atoms with Gasteiger partial charge in [-0.3, -0.25) is 30.3 Å². The first-order chi connectivity index (χ1) is 24.4. The zero-order valence-electron chi connectivity index (χ0n) is 29.4. The number of carbonyl (C=O) groups is 3. The highest BCUT2D eigenvalue weighted by Crippen LogP contribution is 2.40. The number of anilines is 2. The highest BCUT2D eigenvalue weighted by Gasteiger charge is 2.34. The summed E-state index contributed by atoms with van der Waals surface area (Å²) in [5, 5.41) is 24.4. The standard InChI is InChI=1S/C38H44ClN7O4S/c1-23-24(2)51-37-34(23)35(27-12-15-28(39)16-13-27)45-31(36(42)46(37)25(3)41)22-33(48)43-20-18-32(47)44-29-17-14-26(30(21-29)38(49)50-4)11-9-7-5-6-8-10-19-40/h12-17,21,31,41-42H,5-8,10,18-20,22,40H2,1-4H3,(H,43,48)(H,44,47)/t31-/m0/s1. The molecule has 0 bridgehead atoms. The molecule has 4 rings (SSSR count). The number of nitrogens with zero attached hydrogens (tertiary/aromatic N) is 2. The van der Waals surface area contributed by atoms with Crippen LogP contribution in [0.4, 0.5) is 10.7 Å². The van der Waals surface area contributed by atoms with Crippen LogP contribution in [0.3, 0.4) is 0 Å². The smallest absolute Gasteiger partial charge is 0.339 e. The number of unbranched alkanes of at least 4 members (excludes halogenated alkanes) is 4. The maximum Gasteiger partial charge on any atom is 0.339 e. The molecule has 11 nitrogen and oxygen atoms in total. The maximum atomic E-state index is 13.2. The highest BCUT2D eigenvalue weighted by atomic mass is 35.5. The van der Waals surface area contributed by atoms with Crippen molar-refractivity contribution in [1.82, 2.24) is 5.32 Å². The third-order valence-corrected chi connectivity index (χ3v) is 9.79. The van der Waals surface area contributed by atoms with Crippen LogP contribution in [0, 0.1) is 36.5 Å². The largest absolute Gasteiger partial charge is 0.465 e. The Morgan fingerprint density at radius 3 is 2.49 bits per heavy atom. The summed E-state index contributed by atoms with van der Waals surface area (Å²) in [7, 11) is 1.29. The lowest BCUT2D eigenvalue weighted by Crippen LogP contribution is -2.42. The number of amidine groups is 2. The fraction of sp³-hybridized carbons (Fsp3) is 0.368. The predicted molar refractivity (Wildman–Crippen MR) is 206 cm³/mol.